The summed E-state index contributed by atoms with van der Waals surface area (Å²) in [5.74, 6) is 0.141. The molecule has 7 nitrogen and oxygen atoms in total. The Hall–Kier alpha value is -3.94. The lowest BCUT2D eigenvalue weighted by atomic mass is 10.2. The molecule has 0 aliphatic carbocycles. The number of carbonyl (C=O) groups is 1. The second-order valence-electron chi connectivity index (χ2n) is 6.37. The maximum Gasteiger partial charge on any atom is 0.287 e. The molecule has 0 spiro atoms. The summed E-state index contributed by atoms with van der Waals surface area (Å²) in [6.07, 6.45) is 0. The number of amides is 1. The lowest BCUT2D eigenvalue weighted by Gasteiger charge is -2.09. The number of carbonyl (C=O) groups excluding carboxylic acids is 1. The molecule has 2 aromatic heterocycles. The summed E-state index contributed by atoms with van der Waals surface area (Å²) in [6.45, 7) is 1.80. The van der Waals surface area contributed by atoms with E-state index in [9.17, 15) is 14.0 Å². The van der Waals surface area contributed by atoms with Gasteiger partial charge in [-0.15, -0.1) is 4.57 Å². The molecule has 0 radical (unpaired) electrons. The number of ether oxygens (including phenoxy) is 1. The Kier molecular flexibility index (Phi) is 4.82. The zero-order chi connectivity index (χ0) is 20.4. The fourth-order valence-corrected chi connectivity index (χ4v) is 2.80. The van der Waals surface area contributed by atoms with E-state index in [2.05, 4.69) is 10.3 Å². The van der Waals surface area contributed by atoms with Crippen LogP contribution in [0.3, 0.4) is 0 Å². The number of fused-ring (bicyclic) bond motifs is 1. The van der Waals surface area contributed by atoms with Crippen molar-refractivity contribution in [3.63, 3.8) is 0 Å². The molecule has 0 aliphatic rings. The number of benzene rings is 2. The van der Waals surface area contributed by atoms with E-state index in [1.165, 1.54) is 24.3 Å². The number of anilines is 1. The summed E-state index contributed by atoms with van der Waals surface area (Å²) in [5.41, 5.74) is 1.22. The van der Waals surface area contributed by atoms with E-state index in [0.717, 1.165) is 10.6 Å². The Morgan fingerprint density at radius 3 is 2.83 bits per heavy atom. The van der Waals surface area contributed by atoms with Gasteiger partial charge in [0.2, 0.25) is 0 Å². The molecule has 4 rings (SSSR count). The van der Waals surface area contributed by atoms with Gasteiger partial charge in [-0.2, -0.15) is 0 Å². The summed E-state index contributed by atoms with van der Waals surface area (Å²) in [4.78, 5) is 28.6. The van der Waals surface area contributed by atoms with Gasteiger partial charge in [-0.1, -0.05) is 12.1 Å². The summed E-state index contributed by atoms with van der Waals surface area (Å²) in [5, 5.41) is 2.69. The standard InChI is InChI=1S/C21H16FN3O4/c1-13-8-19-23-17(11-20(26)25(19)29-13)12-28-18-7-3-6-16(10-18)24-21(27)14-4-2-5-15(22)9-14/h2-11H,12H2,1H3,(H,24,27). The lowest BCUT2D eigenvalue weighted by molar-refractivity contribution is 0.102. The quantitative estimate of drug-likeness (QED) is 0.560. The number of hydrogen-bond donors (Lipinski definition) is 1. The maximum absolute atomic E-state index is 13.3. The van der Waals surface area contributed by atoms with Crippen molar-refractivity contribution in [2.75, 3.05) is 5.32 Å². The SMILES string of the molecule is Cc1cc2nc(COc3cccc(NC(=O)c4cccc(F)c4)c3)cc(=O)n2o1. The highest BCUT2D eigenvalue weighted by Gasteiger charge is 2.09. The molecular formula is C21H16FN3O4. The first-order valence-corrected chi connectivity index (χ1v) is 8.77. The highest BCUT2D eigenvalue weighted by Crippen LogP contribution is 2.19. The molecule has 0 aliphatic heterocycles. The molecular weight excluding hydrogens is 377 g/mol. The fraction of sp³-hybridized carbons (Fsp3) is 0.0952. The Morgan fingerprint density at radius 1 is 1.17 bits per heavy atom. The van der Waals surface area contributed by atoms with E-state index in [4.69, 9.17) is 9.26 Å². The Labute approximate surface area is 164 Å². The van der Waals surface area contributed by atoms with E-state index < -0.39 is 11.7 Å². The van der Waals surface area contributed by atoms with Crippen LogP contribution in [0.5, 0.6) is 5.75 Å². The summed E-state index contributed by atoms with van der Waals surface area (Å²) >= 11 is 0. The molecule has 29 heavy (non-hydrogen) atoms. The maximum atomic E-state index is 13.3. The van der Waals surface area contributed by atoms with Crippen LogP contribution in [0.1, 0.15) is 21.8 Å². The minimum atomic E-state index is -0.483. The predicted octanol–water partition coefficient (Wildman–Crippen LogP) is 3.57. The Bertz CT molecular complexity index is 1260. The van der Waals surface area contributed by atoms with Gasteiger partial charge in [0, 0.05) is 29.4 Å². The van der Waals surface area contributed by atoms with Crippen LogP contribution in [0.15, 0.2) is 70.0 Å². The van der Waals surface area contributed by atoms with Gasteiger partial charge >= 0.3 is 0 Å². The molecule has 2 aromatic carbocycles. The third kappa shape index (κ3) is 4.16. The van der Waals surface area contributed by atoms with Gasteiger partial charge in [0.05, 0.1) is 5.69 Å². The van der Waals surface area contributed by atoms with Gasteiger partial charge in [-0.25, -0.2) is 9.37 Å². The largest absolute Gasteiger partial charge is 0.487 e. The Balaban J connectivity index is 1.46. The van der Waals surface area contributed by atoms with Gasteiger partial charge in [-0.05, 0) is 37.3 Å². The number of nitrogens with zero attached hydrogens (tertiary/aromatic N) is 2. The smallest absolute Gasteiger partial charge is 0.287 e. The lowest BCUT2D eigenvalue weighted by Crippen LogP contribution is -2.14. The van der Waals surface area contributed by atoms with Crippen molar-refractivity contribution in [2.45, 2.75) is 13.5 Å². The first-order valence-electron chi connectivity index (χ1n) is 8.77. The van der Waals surface area contributed by atoms with Crippen LogP contribution in [0.25, 0.3) is 5.65 Å². The average molecular weight is 393 g/mol. The van der Waals surface area contributed by atoms with Gasteiger partial charge in [-0.3, -0.25) is 9.59 Å². The molecule has 8 heteroatoms. The molecule has 0 fully saturated rings. The van der Waals surface area contributed by atoms with Gasteiger partial charge in [0.1, 0.15) is 23.9 Å². The van der Waals surface area contributed by atoms with Gasteiger partial charge < -0.3 is 14.6 Å². The third-order valence-electron chi connectivity index (χ3n) is 4.09. The van der Waals surface area contributed by atoms with Crippen molar-refractivity contribution in [3.05, 3.63) is 93.9 Å². The zero-order valence-electron chi connectivity index (χ0n) is 15.4. The fourth-order valence-electron chi connectivity index (χ4n) is 2.80. The summed E-state index contributed by atoms with van der Waals surface area (Å²) in [6, 6.07) is 15.2. The molecule has 0 atom stereocenters. The van der Waals surface area contributed by atoms with E-state index in [-0.39, 0.29) is 17.7 Å². The van der Waals surface area contributed by atoms with Gasteiger partial charge in [0.15, 0.2) is 5.65 Å². The first kappa shape index (κ1) is 18.4. The Morgan fingerprint density at radius 2 is 2.00 bits per heavy atom. The number of rotatable bonds is 5. The van der Waals surface area contributed by atoms with Crippen LogP contribution < -0.4 is 15.6 Å². The van der Waals surface area contributed by atoms with Crippen molar-refractivity contribution in [3.8, 4) is 5.75 Å². The normalized spacial score (nSPS) is 10.8. The molecule has 0 saturated carbocycles. The number of hydrogen-bond acceptors (Lipinski definition) is 5. The van der Waals surface area contributed by atoms with Crippen molar-refractivity contribution in [2.24, 2.45) is 0 Å². The molecule has 2 heterocycles. The van der Waals surface area contributed by atoms with Crippen molar-refractivity contribution >= 4 is 17.2 Å². The van der Waals surface area contributed by atoms with Crippen LogP contribution in [-0.2, 0) is 6.61 Å². The summed E-state index contributed by atoms with van der Waals surface area (Å²) in [7, 11) is 0. The van der Waals surface area contributed by atoms with Crippen LogP contribution >= 0.6 is 0 Å². The van der Waals surface area contributed by atoms with E-state index in [1.54, 1.807) is 37.3 Å². The van der Waals surface area contributed by atoms with E-state index in [0.29, 0.717) is 28.5 Å². The minimum absolute atomic E-state index is 0.0667. The van der Waals surface area contributed by atoms with E-state index in [1.807, 2.05) is 0 Å². The third-order valence-corrected chi connectivity index (χ3v) is 4.09. The first-order chi connectivity index (χ1) is 14.0. The summed E-state index contributed by atoms with van der Waals surface area (Å²) < 4.78 is 25.3. The van der Waals surface area contributed by atoms with Crippen LogP contribution in [-0.4, -0.2) is 15.5 Å². The molecule has 0 unspecified atom stereocenters. The highest BCUT2D eigenvalue weighted by atomic mass is 19.1. The van der Waals surface area contributed by atoms with Crippen molar-refractivity contribution in [1.82, 2.24) is 9.56 Å². The number of halogens is 1. The van der Waals surface area contributed by atoms with Crippen LogP contribution in [0.4, 0.5) is 10.1 Å². The topological polar surface area (TPSA) is 85.8 Å². The molecule has 146 valence electrons. The molecule has 4 aromatic rings. The van der Waals surface area contributed by atoms with Crippen LogP contribution in [0.2, 0.25) is 0 Å². The van der Waals surface area contributed by atoms with Crippen molar-refractivity contribution in [1.29, 1.82) is 0 Å². The van der Waals surface area contributed by atoms with Crippen molar-refractivity contribution < 1.29 is 18.4 Å². The highest BCUT2D eigenvalue weighted by molar-refractivity contribution is 6.04. The zero-order valence-corrected chi connectivity index (χ0v) is 15.4. The molecule has 1 N–H and O–H groups in total. The second kappa shape index (κ2) is 7.59. The van der Waals surface area contributed by atoms with Crippen LogP contribution in [0, 0.1) is 12.7 Å². The predicted molar refractivity (Wildman–Crippen MR) is 104 cm³/mol. The number of aromatic nitrogens is 2. The monoisotopic (exact) mass is 393 g/mol. The number of nitrogens with one attached hydrogen (secondary N) is 1. The minimum Gasteiger partial charge on any atom is -0.487 e. The second-order valence-corrected chi connectivity index (χ2v) is 6.37. The average Bonchev–Trinajstić information content (AvgIpc) is 3.07. The van der Waals surface area contributed by atoms with E-state index >= 15 is 0 Å². The van der Waals surface area contributed by atoms with Gasteiger partial charge in [0.25, 0.3) is 11.5 Å². The molecule has 0 saturated heterocycles. The number of aryl methyl sites for hydroxylation is 1. The molecule has 0 bridgehead atoms. The molecule has 1 amide bonds.